The van der Waals surface area contributed by atoms with Gasteiger partial charge in [0.2, 0.25) is 5.95 Å². The molecule has 1 aliphatic rings. The van der Waals surface area contributed by atoms with Gasteiger partial charge in [0.05, 0.1) is 17.5 Å². The van der Waals surface area contributed by atoms with Crippen LogP contribution in [0.5, 0.6) is 0 Å². The molecule has 3 heterocycles. The molecule has 0 saturated carbocycles. The lowest BCUT2D eigenvalue weighted by atomic mass is 9.99. The SMILES string of the molecule is Cc1cnc(NCC2CCOCC2)nc1C(C#N)c1ccccn1. The van der Waals surface area contributed by atoms with Gasteiger partial charge >= 0.3 is 0 Å². The number of nitriles is 1. The van der Waals surface area contributed by atoms with E-state index < -0.39 is 5.92 Å². The van der Waals surface area contributed by atoms with Crippen molar-refractivity contribution in [2.24, 2.45) is 5.92 Å². The van der Waals surface area contributed by atoms with Crippen LogP contribution < -0.4 is 5.32 Å². The minimum atomic E-state index is -0.488. The van der Waals surface area contributed by atoms with Gasteiger partial charge in [-0.25, -0.2) is 9.97 Å². The minimum absolute atomic E-state index is 0.488. The quantitative estimate of drug-likeness (QED) is 0.910. The Morgan fingerprint density at radius 2 is 2.17 bits per heavy atom. The summed E-state index contributed by atoms with van der Waals surface area (Å²) in [6, 6.07) is 7.88. The maximum Gasteiger partial charge on any atom is 0.222 e. The van der Waals surface area contributed by atoms with Crippen molar-refractivity contribution in [3.63, 3.8) is 0 Å². The van der Waals surface area contributed by atoms with Crippen LogP contribution in [0.2, 0.25) is 0 Å². The van der Waals surface area contributed by atoms with Crippen LogP contribution in [-0.2, 0) is 4.74 Å². The normalized spacial score (nSPS) is 16.3. The Kier molecular flexibility index (Phi) is 5.34. The van der Waals surface area contributed by atoms with Crippen molar-refractivity contribution in [1.82, 2.24) is 15.0 Å². The average Bonchev–Trinajstić information content (AvgIpc) is 2.64. The number of rotatable bonds is 5. The number of ether oxygens (including phenoxy) is 1. The highest BCUT2D eigenvalue weighted by atomic mass is 16.5. The van der Waals surface area contributed by atoms with E-state index in [-0.39, 0.29) is 0 Å². The zero-order valence-electron chi connectivity index (χ0n) is 13.8. The van der Waals surface area contributed by atoms with E-state index in [0.717, 1.165) is 38.2 Å². The maximum absolute atomic E-state index is 9.60. The van der Waals surface area contributed by atoms with Crippen molar-refractivity contribution in [2.75, 3.05) is 25.1 Å². The molecule has 1 aliphatic heterocycles. The predicted molar refractivity (Wildman–Crippen MR) is 90.5 cm³/mol. The Balaban J connectivity index is 1.77. The molecule has 0 amide bonds. The van der Waals surface area contributed by atoms with Crippen LogP contribution >= 0.6 is 0 Å². The summed E-state index contributed by atoms with van der Waals surface area (Å²) in [5, 5.41) is 12.9. The number of aromatic nitrogens is 3. The zero-order valence-corrected chi connectivity index (χ0v) is 13.8. The fourth-order valence-electron chi connectivity index (χ4n) is 2.83. The molecule has 6 heteroatoms. The van der Waals surface area contributed by atoms with Crippen LogP contribution in [-0.4, -0.2) is 34.7 Å². The first-order valence-electron chi connectivity index (χ1n) is 8.23. The van der Waals surface area contributed by atoms with Gasteiger partial charge in [0.15, 0.2) is 0 Å². The van der Waals surface area contributed by atoms with E-state index >= 15 is 0 Å². The number of hydrogen-bond acceptors (Lipinski definition) is 6. The lowest BCUT2D eigenvalue weighted by Crippen LogP contribution is -2.23. The number of aryl methyl sites for hydroxylation is 1. The van der Waals surface area contributed by atoms with E-state index in [0.29, 0.717) is 23.3 Å². The maximum atomic E-state index is 9.60. The van der Waals surface area contributed by atoms with Crippen LogP contribution in [0.1, 0.15) is 35.7 Å². The second-order valence-corrected chi connectivity index (χ2v) is 6.02. The summed E-state index contributed by atoms with van der Waals surface area (Å²) in [7, 11) is 0. The number of anilines is 1. The van der Waals surface area contributed by atoms with Gasteiger partial charge in [0.25, 0.3) is 0 Å². The van der Waals surface area contributed by atoms with E-state index in [2.05, 4.69) is 26.3 Å². The van der Waals surface area contributed by atoms with Gasteiger partial charge in [0, 0.05) is 32.2 Å². The van der Waals surface area contributed by atoms with E-state index in [4.69, 9.17) is 4.74 Å². The fourth-order valence-corrected chi connectivity index (χ4v) is 2.83. The van der Waals surface area contributed by atoms with Crippen molar-refractivity contribution < 1.29 is 4.74 Å². The molecule has 1 atom stereocenters. The van der Waals surface area contributed by atoms with Crippen molar-refractivity contribution in [3.05, 3.63) is 47.5 Å². The van der Waals surface area contributed by atoms with Gasteiger partial charge in [-0.15, -0.1) is 0 Å². The lowest BCUT2D eigenvalue weighted by molar-refractivity contribution is 0.0699. The number of pyridine rings is 1. The Morgan fingerprint density at radius 1 is 1.33 bits per heavy atom. The molecule has 1 unspecified atom stereocenters. The summed E-state index contributed by atoms with van der Waals surface area (Å²) in [5.74, 6) is 0.658. The van der Waals surface area contributed by atoms with Gasteiger partial charge in [-0.1, -0.05) is 6.07 Å². The summed E-state index contributed by atoms with van der Waals surface area (Å²) in [6.07, 6.45) is 5.57. The van der Waals surface area contributed by atoms with Gasteiger partial charge in [0.1, 0.15) is 5.92 Å². The smallest absolute Gasteiger partial charge is 0.222 e. The molecule has 124 valence electrons. The third-order valence-electron chi connectivity index (χ3n) is 4.29. The lowest BCUT2D eigenvalue weighted by Gasteiger charge is -2.22. The Labute approximate surface area is 141 Å². The Bertz CT molecular complexity index is 707. The van der Waals surface area contributed by atoms with Crippen molar-refractivity contribution in [3.8, 4) is 6.07 Å². The van der Waals surface area contributed by atoms with Crippen molar-refractivity contribution in [1.29, 1.82) is 5.26 Å². The molecular weight excluding hydrogens is 302 g/mol. The topological polar surface area (TPSA) is 83.7 Å². The largest absolute Gasteiger partial charge is 0.381 e. The predicted octanol–water partition coefficient (Wildman–Crippen LogP) is 2.67. The molecule has 24 heavy (non-hydrogen) atoms. The van der Waals surface area contributed by atoms with Gasteiger partial charge in [-0.2, -0.15) is 5.26 Å². The Hall–Kier alpha value is -2.52. The monoisotopic (exact) mass is 323 g/mol. The standard InChI is InChI=1S/C18H21N5O/c1-13-11-21-18(22-12-14-5-8-24-9-6-14)23-17(13)15(10-19)16-4-2-3-7-20-16/h2-4,7,11,14-15H,5-6,8-9,12H2,1H3,(H,21,22,23). The highest BCUT2D eigenvalue weighted by Crippen LogP contribution is 2.24. The summed E-state index contributed by atoms with van der Waals surface area (Å²) in [5.41, 5.74) is 2.31. The van der Waals surface area contributed by atoms with Crippen LogP contribution in [0.4, 0.5) is 5.95 Å². The van der Waals surface area contributed by atoms with Gasteiger partial charge in [-0.3, -0.25) is 4.98 Å². The molecule has 1 fully saturated rings. The molecule has 3 rings (SSSR count). The average molecular weight is 323 g/mol. The molecule has 0 bridgehead atoms. The zero-order chi connectivity index (χ0) is 16.8. The molecule has 0 radical (unpaired) electrons. The minimum Gasteiger partial charge on any atom is -0.381 e. The molecule has 1 N–H and O–H groups in total. The fraction of sp³-hybridized carbons (Fsp3) is 0.444. The van der Waals surface area contributed by atoms with Crippen LogP contribution in [0, 0.1) is 24.2 Å². The van der Waals surface area contributed by atoms with E-state index in [9.17, 15) is 5.26 Å². The van der Waals surface area contributed by atoms with Gasteiger partial charge in [-0.05, 0) is 43.4 Å². The third-order valence-corrected chi connectivity index (χ3v) is 4.29. The van der Waals surface area contributed by atoms with Crippen molar-refractivity contribution in [2.45, 2.75) is 25.7 Å². The van der Waals surface area contributed by atoms with Crippen LogP contribution in [0.15, 0.2) is 30.6 Å². The second-order valence-electron chi connectivity index (χ2n) is 6.02. The first-order chi connectivity index (χ1) is 11.8. The molecule has 6 nitrogen and oxygen atoms in total. The second kappa shape index (κ2) is 7.84. The number of hydrogen-bond donors (Lipinski definition) is 1. The van der Waals surface area contributed by atoms with Crippen LogP contribution in [0.3, 0.4) is 0 Å². The van der Waals surface area contributed by atoms with E-state index in [1.165, 1.54) is 0 Å². The summed E-state index contributed by atoms with van der Waals surface area (Å²) in [4.78, 5) is 13.2. The molecule has 2 aromatic heterocycles. The summed E-state index contributed by atoms with van der Waals surface area (Å²) >= 11 is 0. The number of nitrogens with one attached hydrogen (secondary N) is 1. The summed E-state index contributed by atoms with van der Waals surface area (Å²) in [6.45, 7) is 4.39. The Morgan fingerprint density at radius 3 is 2.88 bits per heavy atom. The molecule has 0 aromatic carbocycles. The van der Waals surface area contributed by atoms with E-state index in [1.54, 1.807) is 12.4 Å². The molecule has 0 aliphatic carbocycles. The van der Waals surface area contributed by atoms with Crippen LogP contribution in [0.25, 0.3) is 0 Å². The molecule has 0 spiro atoms. The first kappa shape index (κ1) is 16.3. The van der Waals surface area contributed by atoms with Crippen molar-refractivity contribution >= 4 is 5.95 Å². The third kappa shape index (κ3) is 3.87. The molecular formula is C18H21N5O. The number of nitrogens with zero attached hydrogens (tertiary/aromatic N) is 4. The highest BCUT2D eigenvalue weighted by molar-refractivity contribution is 5.38. The highest BCUT2D eigenvalue weighted by Gasteiger charge is 2.20. The molecule has 1 saturated heterocycles. The van der Waals surface area contributed by atoms with Gasteiger partial charge < -0.3 is 10.1 Å². The molecule has 2 aromatic rings. The first-order valence-corrected chi connectivity index (χ1v) is 8.23. The summed E-state index contributed by atoms with van der Waals surface area (Å²) < 4.78 is 5.38. The van der Waals surface area contributed by atoms with E-state index in [1.807, 2.05) is 25.1 Å².